The van der Waals surface area contributed by atoms with Crippen molar-refractivity contribution < 1.29 is 8.42 Å². The number of nitrogens with zero attached hydrogens (tertiary/aromatic N) is 1. The van der Waals surface area contributed by atoms with E-state index in [1.165, 1.54) is 0 Å². The Hall–Kier alpha value is -0.430. The van der Waals surface area contributed by atoms with Gasteiger partial charge in [0.05, 0.1) is 4.90 Å². The van der Waals surface area contributed by atoms with Crippen molar-refractivity contribution in [1.82, 2.24) is 9.62 Å². The zero-order chi connectivity index (χ0) is 15.3. The Balaban J connectivity index is 1.89. The summed E-state index contributed by atoms with van der Waals surface area (Å²) in [4.78, 5) is 2.75. The van der Waals surface area contributed by atoms with Crippen LogP contribution in [-0.2, 0) is 15.4 Å². The molecule has 1 saturated heterocycles. The van der Waals surface area contributed by atoms with Crippen LogP contribution in [0.15, 0.2) is 29.2 Å². The molecule has 0 amide bonds. The third-order valence-electron chi connectivity index (χ3n) is 4.10. The minimum Gasteiger partial charge on any atom is -0.304 e. The second-order valence-electron chi connectivity index (χ2n) is 5.51. The molecule has 21 heavy (non-hydrogen) atoms. The Morgan fingerprint density at radius 2 is 1.86 bits per heavy atom. The number of halogens is 1. The number of benzene rings is 1. The van der Waals surface area contributed by atoms with Crippen LogP contribution in [0, 0.1) is 5.92 Å². The summed E-state index contributed by atoms with van der Waals surface area (Å²) in [7, 11) is -3.38. The van der Waals surface area contributed by atoms with Crippen molar-refractivity contribution in [2.75, 3.05) is 26.2 Å². The average molecular weight is 375 g/mol. The van der Waals surface area contributed by atoms with Gasteiger partial charge in [-0.15, -0.1) is 0 Å². The molecule has 0 spiro atoms. The molecule has 0 unspecified atom stereocenters. The van der Waals surface area contributed by atoms with Gasteiger partial charge in [0.2, 0.25) is 10.0 Å². The molecule has 1 heterocycles. The molecule has 0 radical (unpaired) electrons. The van der Waals surface area contributed by atoms with Gasteiger partial charge in [-0.1, -0.05) is 35.0 Å². The van der Waals surface area contributed by atoms with Crippen LogP contribution in [0.25, 0.3) is 0 Å². The molecule has 1 fully saturated rings. The minimum atomic E-state index is -3.38. The fraction of sp³-hybridized carbons (Fsp3) is 0.600. The number of hydrogen-bond acceptors (Lipinski definition) is 3. The van der Waals surface area contributed by atoms with Crippen molar-refractivity contribution in [2.24, 2.45) is 5.92 Å². The Morgan fingerprint density at radius 1 is 1.24 bits per heavy atom. The third-order valence-corrected chi connectivity index (χ3v) is 6.19. The van der Waals surface area contributed by atoms with Crippen LogP contribution in [0.3, 0.4) is 0 Å². The van der Waals surface area contributed by atoms with E-state index in [1.54, 1.807) is 12.1 Å². The molecule has 0 aromatic heterocycles. The zero-order valence-electron chi connectivity index (χ0n) is 12.4. The SMILES string of the molecule is CCN1CCC(CNS(=O)(=O)c2ccc(CBr)cc2)CC1. The Bertz CT molecular complexity index is 537. The third kappa shape index (κ3) is 4.77. The Morgan fingerprint density at radius 3 is 2.38 bits per heavy atom. The van der Waals surface area contributed by atoms with E-state index in [0.717, 1.165) is 43.4 Å². The standard InChI is InChI=1S/C15H23BrN2O2S/c1-2-18-9-7-14(8-10-18)12-17-21(19,20)15-5-3-13(11-16)4-6-15/h3-6,14,17H,2,7-12H2,1H3. The van der Waals surface area contributed by atoms with E-state index in [-0.39, 0.29) is 0 Å². The summed E-state index contributed by atoms with van der Waals surface area (Å²) >= 11 is 3.36. The van der Waals surface area contributed by atoms with Gasteiger partial charge in [0.15, 0.2) is 0 Å². The lowest BCUT2D eigenvalue weighted by Gasteiger charge is -2.30. The number of piperidine rings is 1. The van der Waals surface area contributed by atoms with Gasteiger partial charge in [0.25, 0.3) is 0 Å². The topological polar surface area (TPSA) is 49.4 Å². The number of hydrogen-bond donors (Lipinski definition) is 1. The summed E-state index contributed by atoms with van der Waals surface area (Å²) in [6.45, 7) is 5.93. The van der Waals surface area contributed by atoms with Crippen molar-refractivity contribution in [3.8, 4) is 0 Å². The van der Waals surface area contributed by atoms with Gasteiger partial charge < -0.3 is 4.90 Å². The maximum Gasteiger partial charge on any atom is 0.240 e. The van der Waals surface area contributed by atoms with Crippen molar-refractivity contribution in [1.29, 1.82) is 0 Å². The molecule has 2 rings (SSSR count). The second-order valence-corrected chi connectivity index (χ2v) is 7.83. The fourth-order valence-electron chi connectivity index (χ4n) is 2.58. The number of nitrogens with one attached hydrogen (secondary N) is 1. The van der Waals surface area contributed by atoms with Gasteiger partial charge in [0.1, 0.15) is 0 Å². The van der Waals surface area contributed by atoms with Crippen molar-refractivity contribution in [2.45, 2.75) is 30.0 Å². The van der Waals surface area contributed by atoms with E-state index in [0.29, 0.717) is 17.4 Å². The molecule has 1 aromatic rings. The zero-order valence-corrected chi connectivity index (χ0v) is 14.8. The predicted molar refractivity (Wildman–Crippen MR) is 89.1 cm³/mol. The molecule has 4 nitrogen and oxygen atoms in total. The summed E-state index contributed by atoms with van der Waals surface area (Å²) in [6, 6.07) is 7.00. The van der Waals surface area contributed by atoms with Crippen LogP contribution in [-0.4, -0.2) is 39.5 Å². The molecule has 1 aliphatic rings. The molecule has 0 atom stereocenters. The molecule has 118 valence electrons. The Kier molecular flexibility index (Phi) is 6.22. The highest BCUT2D eigenvalue weighted by Gasteiger charge is 2.21. The van der Waals surface area contributed by atoms with Gasteiger partial charge in [-0.05, 0) is 56.1 Å². The number of alkyl halides is 1. The summed E-state index contributed by atoms with van der Waals surface area (Å²) < 4.78 is 27.3. The average Bonchev–Trinajstić information content (AvgIpc) is 2.53. The predicted octanol–water partition coefficient (Wildman–Crippen LogP) is 2.59. The highest BCUT2D eigenvalue weighted by Crippen LogP contribution is 2.17. The smallest absolute Gasteiger partial charge is 0.240 e. The summed E-state index contributed by atoms with van der Waals surface area (Å²) in [6.07, 6.45) is 2.14. The van der Waals surface area contributed by atoms with E-state index in [4.69, 9.17) is 0 Å². The van der Waals surface area contributed by atoms with Crippen molar-refractivity contribution >= 4 is 26.0 Å². The van der Waals surface area contributed by atoms with E-state index in [2.05, 4.69) is 32.5 Å². The number of rotatable bonds is 6. The maximum atomic E-state index is 12.3. The molecular weight excluding hydrogens is 352 g/mol. The first-order chi connectivity index (χ1) is 10.0. The Labute approximate surface area is 136 Å². The first kappa shape index (κ1) is 16.9. The molecule has 1 N–H and O–H groups in total. The first-order valence-corrected chi connectivity index (χ1v) is 10.0. The van der Waals surface area contributed by atoms with E-state index in [9.17, 15) is 8.42 Å². The normalized spacial score (nSPS) is 18.0. The quantitative estimate of drug-likeness (QED) is 0.778. The number of sulfonamides is 1. The van der Waals surface area contributed by atoms with Crippen LogP contribution in [0.1, 0.15) is 25.3 Å². The van der Waals surface area contributed by atoms with Crippen LogP contribution in [0.2, 0.25) is 0 Å². The van der Waals surface area contributed by atoms with Crippen molar-refractivity contribution in [3.63, 3.8) is 0 Å². The van der Waals surface area contributed by atoms with E-state index < -0.39 is 10.0 Å². The summed E-state index contributed by atoms with van der Waals surface area (Å²) in [5.41, 5.74) is 1.07. The summed E-state index contributed by atoms with van der Waals surface area (Å²) in [5, 5.41) is 0.733. The summed E-state index contributed by atoms with van der Waals surface area (Å²) in [5.74, 6) is 0.449. The van der Waals surface area contributed by atoms with Gasteiger partial charge in [-0.2, -0.15) is 0 Å². The second kappa shape index (κ2) is 7.72. The molecule has 1 aliphatic heterocycles. The minimum absolute atomic E-state index is 0.346. The molecule has 0 bridgehead atoms. The van der Waals surface area contributed by atoms with Crippen molar-refractivity contribution in [3.05, 3.63) is 29.8 Å². The molecule has 1 aromatic carbocycles. The van der Waals surface area contributed by atoms with Crippen LogP contribution in [0.4, 0.5) is 0 Å². The highest BCUT2D eigenvalue weighted by atomic mass is 79.9. The monoisotopic (exact) mass is 374 g/mol. The van der Waals surface area contributed by atoms with Crippen LogP contribution in [0.5, 0.6) is 0 Å². The molecule has 6 heteroatoms. The van der Waals surface area contributed by atoms with Gasteiger partial charge >= 0.3 is 0 Å². The largest absolute Gasteiger partial charge is 0.304 e. The maximum absolute atomic E-state index is 12.3. The van der Waals surface area contributed by atoms with E-state index >= 15 is 0 Å². The van der Waals surface area contributed by atoms with Gasteiger partial charge in [0, 0.05) is 11.9 Å². The first-order valence-electron chi connectivity index (χ1n) is 7.42. The van der Waals surface area contributed by atoms with Crippen LogP contribution >= 0.6 is 15.9 Å². The lowest BCUT2D eigenvalue weighted by molar-refractivity contribution is 0.194. The molecule has 0 aliphatic carbocycles. The molecular formula is C15H23BrN2O2S. The lowest BCUT2D eigenvalue weighted by Crippen LogP contribution is -2.38. The molecule has 0 saturated carbocycles. The fourth-order valence-corrected chi connectivity index (χ4v) is 4.07. The van der Waals surface area contributed by atoms with Crippen LogP contribution < -0.4 is 4.72 Å². The number of likely N-dealkylation sites (tertiary alicyclic amines) is 1. The van der Waals surface area contributed by atoms with Gasteiger partial charge in [-0.25, -0.2) is 13.1 Å². The lowest BCUT2D eigenvalue weighted by atomic mass is 9.97. The van der Waals surface area contributed by atoms with Gasteiger partial charge in [-0.3, -0.25) is 0 Å². The van der Waals surface area contributed by atoms with E-state index in [1.807, 2.05) is 12.1 Å². The highest BCUT2D eigenvalue weighted by molar-refractivity contribution is 9.08.